The first-order valence-electron chi connectivity index (χ1n) is 17.6. The van der Waals surface area contributed by atoms with Crippen molar-refractivity contribution in [2.24, 2.45) is 0 Å². The first kappa shape index (κ1) is 43.5. The van der Waals surface area contributed by atoms with E-state index in [1.54, 1.807) is 27.7 Å². The fraction of sp³-hybridized carbons (Fsp3) is 0.743. The maximum absolute atomic E-state index is 12.2. The summed E-state index contributed by atoms with van der Waals surface area (Å²) in [6, 6.07) is 0. The maximum Gasteiger partial charge on any atom is 0.337 e. The number of H-pyrrole nitrogens is 2. The summed E-state index contributed by atoms with van der Waals surface area (Å²) in [5.74, 6) is -0.537. The number of esters is 1. The fourth-order valence-electron chi connectivity index (χ4n) is 5.50. The Morgan fingerprint density at radius 1 is 0.750 bits per heavy atom. The molecule has 0 unspecified atom stereocenters. The van der Waals surface area contributed by atoms with Gasteiger partial charge in [-0.1, -0.05) is 41.5 Å². The smallest absolute Gasteiger partial charge is 0.337 e. The number of aryl methyl sites for hydroxylation is 2. The third kappa shape index (κ3) is 9.78. The number of carbonyl (C=O) groups is 1. The number of nitrogens with one attached hydrogen (secondary N) is 2. The van der Waals surface area contributed by atoms with Crippen LogP contribution < -0.4 is 22.5 Å². The predicted molar refractivity (Wildman–Crippen MR) is 202 cm³/mol. The van der Waals surface area contributed by atoms with Gasteiger partial charge >= 0.3 is 17.3 Å². The van der Waals surface area contributed by atoms with Crippen molar-refractivity contribution < 1.29 is 33.0 Å². The number of ether oxygens (including phenoxy) is 3. The number of hydrogen-bond acceptors (Lipinski definition) is 11. The topological polar surface area (TPSA) is 193 Å². The molecule has 2 aliphatic heterocycles. The minimum Gasteiger partial charge on any atom is -0.467 e. The van der Waals surface area contributed by atoms with Crippen molar-refractivity contribution in [3.63, 3.8) is 0 Å². The lowest BCUT2D eigenvalue weighted by Crippen LogP contribution is -2.50. The highest BCUT2D eigenvalue weighted by atomic mass is 28.4. The van der Waals surface area contributed by atoms with Crippen molar-refractivity contribution in [2.75, 3.05) is 7.11 Å². The summed E-state index contributed by atoms with van der Waals surface area (Å²) in [6.07, 6.45) is 0.0499. The second-order valence-electron chi connectivity index (χ2n) is 17.5. The summed E-state index contributed by atoms with van der Waals surface area (Å²) in [5, 5.41) is 10.6. The van der Waals surface area contributed by atoms with E-state index in [1.165, 1.54) is 28.6 Å². The van der Waals surface area contributed by atoms with Crippen LogP contribution in [-0.4, -0.2) is 83.9 Å². The Labute approximate surface area is 307 Å². The number of nitrogens with zero attached hydrogens (tertiary/aromatic N) is 2. The molecule has 0 amide bonds. The van der Waals surface area contributed by atoms with Gasteiger partial charge in [0.05, 0.1) is 24.9 Å². The molecule has 4 rings (SSSR count). The molecule has 2 saturated heterocycles. The summed E-state index contributed by atoms with van der Waals surface area (Å²) in [5.41, 5.74) is -2.25. The molecule has 0 bridgehead atoms. The molecule has 2 aliphatic rings. The van der Waals surface area contributed by atoms with Crippen LogP contribution in [0.15, 0.2) is 31.6 Å². The monoisotopic (exact) mass is 768 g/mol. The molecule has 17 heteroatoms. The summed E-state index contributed by atoms with van der Waals surface area (Å²) in [7, 11) is -2.97. The number of rotatable bonds is 8. The van der Waals surface area contributed by atoms with Crippen LogP contribution in [-0.2, 0) is 27.9 Å². The van der Waals surface area contributed by atoms with Crippen LogP contribution in [0.5, 0.6) is 0 Å². The van der Waals surface area contributed by atoms with Crippen LogP contribution in [0.3, 0.4) is 0 Å². The Morgan fingerprint density at radius 2 is 1.13 bits per heavy atom. The van der Waals surface area contributed by atoms with Gasteiger partial charge in [0, 0.05) is 36.4 Å². The van der Waals surface area contributed by atoms with E-state index in [4.69, 9.17) is 23.1 Å². The lowest BCUT2D eigenvalue weighted by Gasteiger charge is -2.41. The highest BCUT2D eigenvalue weighted by Gasteiger charge is 2.50. The molecule has 52 heavy (non-hydrogen) atoms. The minimum absolute atomic E-state index is 0.0145. The van der Waals surface area contributed by atoms with Crippen molar-refractivity contribution in [1.82, 2.24) is 19.1 Å². The lowest BCUT2D eigenvalue weighted by atomic mass is 9.97. The average molecular weight is 769 g/mol. The highest BCUT2D eigenvalue weighted by molar-refractivity contribution is 6.74. The average Bonchev–Trinajstić information content (AvgIpc) is 3.59. The Balaban J connectivity index is 0.000000280. The minimum atomic E-state index is -2.17. The molecule has 2 aromatic rings. The molecular formula is C35H60N4O11Si2. The number of hydrogen-bond donors (Lipinski definition) is 3. The predicted octanol–water partition coefficient (Wildman–Crippen LogP) is 3.99. The second-order valence-corrected chi connectivity index (χ2v) is 27.0. The third-order valence-electron chi connectivity index (χ3n) is 10.7. The van der Waals surface area contributed by atoms with Crippen molar-refractivity contribution in [3.05, 3.63) is 65.2 Å². The van der Waals surface area contributed by atoms with Gasteiger partial charge in [-0.15, -0.1) is 0 Å². The van der Waals surface area contributed by atoms with Crippen molar-refractivity contribution in [2.45, 2.75) is 161 Å². The first-order valence-corrected chi connectivity index (χ1v) is 23.4. The highest BCUT2D eigenvalue weighted by Crippen LogP contribution is 2.43. The quantitative estimate of drug-likeness (QED) is 0.260. The van der Waals surface area contributed by atoms with Gasteiger partial charge in [-0.2, -0.15) is 0 Å². The van der Waals surface area contributed by atoms with E-state index in [-0.39, 0.29) is 16.2 Å². The normalized spacial score (nSPS) is 24.4. The van der Waals surface area contributed by atoms with Gasteiger partial charge in [-0.25, -0.2) is 14.4 Å². The Bertz CT molecular complexity index is 1830. The molecule has 294 valence electrons. The van der Waals surface area contributed by atoms with E-state index >= 15 is 0 Å². The van der Waals surface area contributed by atoms with Crippen LogP contribution in [0, 0.1) is 13.8 Å². The van der Waals surface area contributed by atoms with Crippen LogP contribution >= 0.6 is 0 Å². The van der Waals surface area contributed by atoms with Crippen LogP contribution in [0.4, 0.5) is 0 Å². The van der Waals surface area contributed by atoms with Crippen LogP contribution in [0.1, 0.15) is 91.8 Å². The van der Waals surface area contributed by atoms with Crippen molar-refractivity contribution in [1.29, 1.82) is 0 Å². The number of carbonyl (C=O) groups excluding carboxylic acids is 1. The number of aromatic amines is 2. The van der Waals surface area contributed by atoms with Gasteiger partial charge in [-0.05, 0) is 64.0 Å². The third-order valence-corrected chi connectivity index (χ3v) is 19.7. The molecule has 2 fully saturated rings. The van der Waals surface area contributed by atoms with Gasteiger partial charge in [0.15, 0.2) is 22.7 Å². The molecule has 0 radical (unpaired) electrons. The zero-order chi connectivity index (χ0) is 39.9. The van der Waals surface area contributed by atoms with Crippen LogP contribution in [0.25, 0.3) is 0 Å². The first-order chi connectivity index (χ1) is 23.5. The van der Waals surface area contributed by atoms with Gasteiger partial charge in [0.2, 0.25) is 0 Å². The summed E-state index contributed by atoms with van der Waals surface area (Å²) < 4.78 is 32.3. The van der Waals surface area contributed by atoms with Crippen LogP contribution in [0.2, 0.25) is 36.3 Å². The molecule has 3 N–H and O–H groups in total. The largest absolute Gasteiger partial charge is 0.467 e. The SMILES string of the molecule is COC(=O)[C@H]1O[C@@H](n2cc(C)c(=O)[nH]c2=O)C[C@H]1O[Si](C)(C)C(C)(C)C.Cc1cn([C@H]2C[C@@H](O[Si](C)(C)C(C)(C)C)[C@@H](C(C)(C)O)O2)c(=O)[nH]c1=O. The zero-order valence-electron chi connectivity index (χ0n) is 33.5. The van der Waals surface area contributed by atoms with Gasteiger partial charge < -0.3 is 28.2 Å². The van der Waals surface area contributed by atoms with E-state index < -0.39 is 81.5 Å². The van der Waals surface area contributed by atoms with E-state index in [0.29, 0.717) is 24.0 Å². The maximum atomic E-state index is 12.2. The summed E-state index contributed by atoms with van der Waals surface area (Å²) in [4.78, 5) is 64.3. The van der Waals surface area contributed by atoms with E-state index in [1.807, 2.05) is 0 Å². The molecule has 4 heterocycles. The van der Waals surface area contributed by atoms with Crippen molar-refractivity contribution in [3.8, 4) is 0 Å². The number of aliphatic hydroxyl groups is 1. The Hall–Kier alpha value is -2.94. The standard InChI is InChI=1S/C18H32N2O5Si.C17H28N2O6Si/c1-11-10-20(16(22)19-15(11)21)13-9-12(14(24-13)18(5,6)23)25-26(7,8)17(2,3)4;1-10-9-19(16(22)18-14(10)20)12-8-11(13(24-12)15(21)23-5)25-26(6,7)17(2,3)4/h10,12-14,23H,9H2,1-8H3,(H,19,21,22);9,11-13H,8H2,1-7H3,(H,18,20,22)/t12-,13-,14+;11-,12-,13+/m11/s1. The summed E-state index contributed by atoms with van der Waals surface area (Å²) in [6.45, 7) is 27.9. The van der Waals surface area contributed by atoms with Gasteiger partial charge in [0.1, 0.15) is 18.6 Å². The molecule has 6 atom stereocenters. The number of aromatic nitrogens is 4. The molecule has 2 aromatic heterocycles. The molecule has 0 spiro atoms. The molecular weight excluding hydrogens is 709 g/mol. The van der Waals surface area contributed by atoms with Crippen molar-refractivity contribution >= 4 is 22.6 Å². The van der Waals surface area contributed by atoms with Gasteiger partial charge in [-0.3, -0.25) is 28.7 Å². The van der Waals surface area contributed by atoms with E-state index in [2.05, 4.69) is 77.7 Å². The van der Waals surface area contributed by atoms with E-state index in [0.717, 1.165) is 0 Å². The molecule has 0 aliphatic carbocycles. The molecule has 0 saturated carbocycles. The molecule has 0 aromatic carbocycles. The zero-order valence-corrected chi connectivity index (χ0v) is 35.5. The Kier molecular flexibility index (Phi) is 12.9. The molecule has 15 nitrogen and oxygen atoms in total. The lowest BCUT2D eigenvalue weighted by molar-refractivity contribution is -0.158. The fourth-order valence-corrected chi connectivity index (χ4v) is 8.16. The second kappa shape index (κ2) is 15.4. The van der Waals surface area contributed by atoms with Gasteiger partial charge in [0.25, 0.3) is 11.1 Å². The van der Waals surface area contributed by atoms with E-state index in [9.17, 15) is 29.1 Å². The summed E-state index contributed by atoms with van der Waals surface area (Å²) >= 11 is 0. The Morgan fingerprint density at radius 3 is 1.52 bits per heavy atom. The number of methoxy groups -OCH3 is 1.